The van der Waals surface area contributed by atoms with Crippen molar-refractivity contribution in [2.45, 2.75) is 44.0 Å². The van der Waals surface area contributed by atoms with Crippen molar-refractivity contribution in [3.05, 3.63) is 23.5 Å². The molecule has 94 valence electrons. The van der Waals surface area contributed by atoms with Crippen LogP contribution in [0.4, 0.5) is 0 Å². The number of alkyl halides is 1. The molecule has 1 aliphatic carbocycles. The van der Waals surface area contributed by atoms with Crippen LogP contribution in [0.5, 0.6) is 5.75 Å². The summed E-state index contributed by atoms with van der Waals surface area (Å²) in [4.78, 5) is 4.60. The van der Waals surface area contributed by atoms with Gasteiger partial charge in [0.05, 0.1) is 11.2 Å². The molecule has 1 aliphatic rings. The van der Waals surface area contributed by atoms with Crippen molar-refractivity contribution in [1.82, 2.24) is 4.98 Å². The number of nitrogens with zero attached hydrogens (tertiary/aromatic N) is 1. The molecule has 2 rings (SSSR count). The zero-order chi connectivity index (χ0) is 12.5. The lowest BCUT2D eigenvalue weighted by molar-refractivity contribution is -0.0412. The first-order valence-electron chi connectivity index (χ1n) is 6.03. The average molecular weight is 319 g/mol. The second-order valence-electron chi connectivity index (χ2n) is 4.59. The quantitative estimate of drug-likeness (QED) is 0.765. The normalized spacial score (nSPS) is 26.4. The van der Waals surface area contributed by atoms with Gasteiger partial charge in [0, 0.05) is 22.5 Å². The summed E-state index contributed by atoms with van der Waals surface area (Å²) < 4.78 is 6.02. The van der Waals surface area contributed by atoms with Crippen molar-refractivity contribution < 1.29 is 4.74 Å². The van der Waals surface area contributed by atoms with E-state index in [1.807, 2.05) is 6.07 Å². The monoisotopic (exact) mass is 317 g/mol. The smallest absolute Gasteiger partial charge is 0.139 e. The molecule has 17 heavy (non-hydrogen) atoms. The minimum absolute atomic E-state index is 0.252. The molecular weight excluding hydrogens is 302 g/mol. The molecule has 1 aromatic rings. The van der Waals surface area contributed by atoms with E-state index >= 15 is 0 Å². The van der Waals surface area contributed by atoms with Crippen LogP contribution in [0.1, 0.15) is 33.1 Å². The third-order valence-corrected chi connectivity index (χ3v) is 5.45. The lowest BCUT2D eigenvalue weighted by Crippen LogP contribution is -2.56. The number of pyridine rings is 1. The van der Waals surface area contributed by atoms with Gasteiger partial charge in [0.25, 0.3) is 0 Å². The van der Waals surface area contributed by atoms with Gasteiger partial charge in [-0.2, -0.15) is 0 Å². The third-order valence-electron chi connectivity index (χ3n) is 3.96. The molecule has 0 aliphatic heterocycles. The SMILES string of the molecule is CCC1(CC)C(Br)CC1Oc1cncc(Cl)c1. The summed E-state index contributed by atoms with van der Waals surface area (Å²) in [5.74, 6) is 0.771. The highest BCUT2D eigenvalue weighted by Crippen LogP contribution is 2.52. The second-order valence-corrected chi connectivity index (χ2v) is 6.13. The lowest BCUT2D eigenvalue weighted by atomic mass is 9.62. The molecule has 0 spiro atoms. The van der Waals surface area contributed by atoms with E-state index in [1.165, 1.54) is 0 Å². The van der Waals surface area contributed by atoms with Crippen LogP contribution in [-0.2, 0) is 0 Å². The van der Waals surface area contributed by atoms with Crippen LogP contribution >= 0.6 is 27.5 Å². The van der Waals surface area contributed by atoms with Crippen LogP contribution in [0.25, 0.3) is 0 Å². The Labute approximate surface area is 116 Å². The van der Waals surface area contributed by atoms with Crippen LogP contribution < -0.4 is 4.74 Å². The fourth-order valence-electron chi connectivity index (χ4n) is 2.63. The van der Waals surface area contributed by atoms with Gasteiger partial charge >= 0.3 is 0 Å². The Morgan fingerprint density at radius 3 is 2.71 bits per heavy atom. The van der Waals surface area contributed by atoms with E-state index in [4.69, 9.17) is 16.3 Å². The lowest BCUT2D eigenvalue weighted by Gasteiger charge is -2.52. The van der Waals surface area contributed by atoms with E-state index < -0.39 is 0 Å². The Morgan fingerprint density at radius 2 is 2.18 bits per heavy atom. The summed E-state index contributed by atoms with van der Waals surface area (Å²) >= 11 is 9.66. The molecule has 0 radical (unpaired) electrons. The molecule has 0 bridgehead atoms. The summed E-state index contributed by atoms with van der Waals surface area (Å²) in [7, 11) is 0. The maximum Gasteiger partial charge on any atom is 0.139 e. The molecule has 1 aromatic heterocycles. The number of ether oxygens (including phenoxy) is 1. The zero-order valence-corrected chi connectivity index (χ0v) is 12.5. The number of hydrogen-bond acceptors (Lipinski definition) is 2. The molecule has 2 atom stereocenters. The number of rotatable bonds is 4. The fourth-order valence-corrected chi connectivity index (χ4v) is 4.08. The molecule has 4 heteroatoms. The van der Waals surface area contributed by atoms with Crippen molar-refractivity contribution in [1.29, 1.82) is 0 Å². The highest BCUT2D eigenvalue weighted by atomic mass is 79.9. The minimum Gasteiger partial charge on any atom is -0.488 e. The number of aromatic nitrogens is 1. The van der Waals surface area contributed by atoms with Gasteiger partial charge in [-0.05, 0) is 19.3 Å². The zero-order valence-electron chi connectivity index (χ0n) is 10.1. The van der Waals surface area contributed by atoms with Gasteiger partial charge in [0.2, 0.25) is 0 Å². The van der Waals surface area contributed by atoms with E-state index in [2.05, 4.69) is 34.8 Å². The van der Waals surface area contributed by atoms with Crippen LogP contribution in [0, 0.1) is 5.41 Å². The summed E-state index contributed by atoms with van der Waals surface area (Å²) in [6.07, 6.45) is 6.91. The van der Waals surface area contributed by atoms with Gasteiger partial charge in [-0.25, -0.2) is 0 Å². The van der Waals surface area contributed by atoms with Crippen molar-refractivity contribution in [2.24, 2.45) is 5.41 Å². The fraction of sp³-hybridized carbons (Fsp3) is 0.615. The van der Waals surface area contributed by atoms with Crippen LogP contribution in [0.2, 0.25) is 5.02 Å². The summed E-state index contributed by atoms with van der Waals surface area (Å²) in [6.45, 7) is 4.45. The molecule has 1 fully saturated rings. The van der Waals surface area contributed by atoms with Crippen molar-refractivity contribution in [3.8, 4) is 5.75 Å². The minimum atomic E-state index is 0.252. The first-order valence-corrected chi connectivity index (χ1v) is 7.33. The van der Waals surface area contributed by atoms with Gasteiger partial charge < -0.3 is 4.74 Å². The molecule has 1 heterocycles. The van der Waals surface area contributed by atoms with Gasteiger partial charge in [0.15, 0.2) is 0 Å². The second kappa shape index (κ2) is 5.15. The molecule has 0 N–H and O–H groups in total. The highest BCUT2D eigenvalue weighted by Gasteiger charge is 2.53. The van der Waals surface area contributed by atoms with Gasteiger partial charge in [-0.15, -0.1) is 0 Å². The van der Waals surface area contributed by atoms with Gasteiger partial charge in [-0.3, -0.25) is 4.98 Å². The van der Waals surface area contributed by atoms with E-state index in [9.17, 15) is 0 Å². The van der Waals surface area contributed by atoms with Crippen molar-refractivity contribution >= 4 is 27.5 Å². The predicted molar refractivity (Wildman–Crippen MR) is 74.0 cm³/mol. The van der Waals surface area contributed by atoms with E-state index in [1.54, 1.807) is 12.4 Å². The Hall–Kier alpha value is -0.280. The van der Waals surface area contributed by atoms with Crippen LogP contribution in [-0.4, -0.2) is 15.9 Å². The van der Waals surface area contributed by atoms with Gasteiger partial charge in [-0.1, -0.05) is 41.4 Å². The number of hydrogen-bond donors (Lipinski definition) is 0. The van der Waals surface area contributed by atoms with Crippen molar-refractivity contribution in [2.75, 3.05) is 0 Å². The first kappa shape index (κ1) is 13.2. The van der Waals surface area contributed by atoms with Crippen LogP contribution in [0.3, 0.4) is 0 Å². The average Bonchev–Trinajstić information content (AvgIpc) is 2.30. The summed E-state index contributed by atoms with van der Waals surface area (Å²) in [5, 5.41) is 0.621. The van der Waals surface area contributed by atoms with E-state index in [0.29, 0.717) is 9.85 Å². The predicted octanol–water partition coefficient (Wildman–Crippen LogP) is 4.46. The molecule has 1 saturated carbocycles. The Morgan fingerprint density at radius 1 is 1.47 bits per heavy atom. The summed E-state index contributed by atoms with van der Waals surface area (Å²) in [6, 6.07) is 1.83. The molecule has 0 amide bonds. The molecule has 0 aromatic carbocycles. The molecular formula is C13H17BrClNO. The Bertz CT molecular complexity index is 395. The standard InChI is InChI=1S/C13H17BrClNO/c1-3-13(4-2)11(14)6-12(13)17-10-5-9(15)7-16-8-10/h5,7-8,11-12H,3-4,6H2,1-2H3. The third kappa shape index (κ3) is 2.32. The number of halogens is 2. The summed E-state index contributed by atoms with van der Waals surface area (Å²) in [5.41, 5.74) is 0.252. The Balaban J connectivity index is 2.10. The van der Waals surface area contributed by atoms with Crippen LogP contribution in [0.15, 0.2) is 18.5 Å². The highest BCUT2D eigenvalue weighted by molar-refractivity contribution is 9.09. The maximum absolute atomic E-state index is 6.02. The first-order chi connectivity index (χ1) is 8.12. The van der Waals surface area contributed by atoms with Crippen molar-refractivity contribution in [3.63, 3.8) is 0 Å². The van der Waals surface area contributed by atoms with E-state index in [0.717, 1.165) is 25.0 Å². The molecule has 2 unspecified atom stereocenters. The maximum atomic E-state index is 6.02. The Kier molecular flexibility index (Phi) is 3.99. The molecule has 0 saturated heterocycles. The largest absolute Gasteiger partial charge is 0.488 e. The molecule has 2 nitrogen and oxygen atoms in total. The van der Waals surface area contributed by atoms with E-state index in [-0.39, 0.29) is 11.5 Å². The van der Waals surface area contributed by atoms with Gasteiger partial charge in [0.1, 0.15) is 11.9 Å². The topological polar surface area (TPSA) is 22.1 Å².